The summed E-state index contributed by atoms with van der Waals surface area (Å²) < 4.78 is 1.78. The van der Waals surface area contributed by atoms with Crippen LogP contribution < -0.4 is 10.2 Å². The van der Waals surface area contributed by atoms with Gasteiger partial charge in [-0.15, -0.1) is 0 Å². The maximum absolute atomic E-state index is 13.0. The molecule has 114 valence electrons. The van der Waals surface area contributed by atoms with Crippen molar-refractivity contribution in [3.63, 3.8) is 0 Å². The average molecular weight is 290 g/mol. The number of rotatable bonds is 3. The number of carbonyl (C=O) groups excluding carboxylic acids is 2. The fourth-order valence-corrected chi connectivity index (χ4v) is 3.49. The third-order valence-corrected chi connectivity index (χ3v) is 4.67. The van der Waals surface area contributed by atoms with E-state index in [1.807, 2.05) is 20.0 Å². The quantitative estimate of drug-likeness (QED) is 0.916. The number of piperazine rings is 1. The predicted octanol–water partition coefficient (Wildman–Crippen LogP) is 1.46. The number of carbonyl (C=O) groups is 2. The molecule has 6 nitrogen and oxygen atoms in total. The van der Waals surface area contributed by atoms with Crippen molar-refractivity contribution in [2.75, 3.05) is 4.90 Å². The summed E-state index contributed by atoms with van der Waals surface area (Å²) in [6, 6.07) is -0.432. The first-order valence-corrected chi connectivity index (χ1v) is 7.79. The highest BCUT2D eigenvalue weighted by atomic mass is 16.2. The fourth-order valence-electron chi connectivity index (χ4n) is 3.49. The molecule has 1 aromatic heterocycles. The van der Waals surface area contributed by atoms with Crippen molar-refractivity contribution < 1.29 is 9.59 Å². The highest BCUT2D eigenvalue weighted by Gasteiger charge is 2.52. The Bertz CT molecular complexity index is 560. The minimum absolute atomic E-state index is 0.0297. The molecule has 1 aromatic rings. The Morgan fingerprint density at radius 3 is 2.62 bits per heavy atom. The number of amides is 2. The molecule has 6 heteroatoms. The molecule has 1 atom stereocenters. The van der Waals surface area contributed by atoms with Gasteiger partial charge in [-0.2, -0.15) is 5.10 Å². The first kappa shape index (κ1) is 14.1. The second-order valence-corrected chi connectivity index (χ2v) is 5.93. The summed E-state index contributed by atoms with van der Waals surface area (Å²) in [4.78, 5) is 27.2. The lowest BCUT2D eigenvalue weighted by molar-refractivity contribution is -0.138. The van der Waals surface area contributed by atoms with Crippen molar-refractivity contribution in [2.45, 2.75) is 64.1 Å². The van der Waals surface area contributed by atoms with Gasteiger partial charge in [-0.25, -0.2) is 0 Å². The second kappa shape index (κ2) is 5.16. The van der Waals surface area contributed by atoms with Gasteiger partial charge in [0.05, 0.1) is 11.9 Å². The summed E-state index contributed by atoms with van der Waals surface area (Å²) in [6.07, 6.45) is 7.60. The molecule has 1 spiro atoms. The minimum Gasteiger partial charge on any atom is -0.340 e. The SMILES string of the molecule is CCC1C(=O)NC2(CCCC2)C(=O)N1c1cnn(CC)c1. The molecule has 1 unspecified atom stereocenters. The Morgan fingerprint density at radius 1 is 1.33 bits per heavy atom. The van der Waals surface area contributed by atoms with Crippen LogP contribution >= 0.6 is 0 Å². The van der Waals surface area contributed by atoms with Crippen LogP contribution in [0.1, 0.15) is 46.0 Å². The van der Waals surface area contributed by atoms with Crippen molar-refractivity contribution in [3.8, 4) is 0 Å². The van der Waals surface area contributed by atoms with E-state index in [0.29, 0.717) is 6.42 Å². The number of nitrogens with zero attached hydrogens (tertiary/aromatic N) is 3. The second-order valence-electron chi connectivity index (χ2n) is 5.93. The molecule has 1 aliphatic heterocycles. The highest BCUT2D eigenvalue weighted by molar-refractivity contribution is 6.10. The Morgan fingerprint density at radius 2 is 2.05 bits per heavy atom. The van der Waals surface area contributed by atoms with E-state index in [1.165, 1.54) is 0 Å². The molecule has 2 amide bonds. The number of hydrogen-bond donors (Lipinski definition) is 1. The number of aromatic nitrogens is 2. The lowest BCUT2D eigenvalue weighted by Gasteiger charge is -2.43. The zero-order valence-electron chi connectivity index (χ0n) is 12.6. The summed E-state index contributed by atoms with van der Waals surface area (Å²) >= 11 is 0. The molecule has 1 N–H and O–H groups in total. The largest absolute Gasteiger partial charge is 0.340 e. The zero-order chi connectivity index (χ0) is 15.0. The van der Waals surface area contributed by atoms with Gasteiger partial charge in [-0.05, 0) is 26.2 Å². The van der Waals surface area contributed by atoms with Gasteiger partial charge < -0.3 is 5.32 Å². The van der Waals surface area contributed by atoms with Crippen LogP contribution in [0.2, 0.25) is 0 Å². The topological polar surface area (TPSA) is 67.2 Å². The summed E-state index contributed by atoms with van der Waals surface area (Å²) in [7, 11) is 0. The zero-order valence-corrected chi connectivity index (χ0v) is 12.6. The first-order chi connectivity index (χ1) is 10.1. The van der Waals surface area contributed by atoms with E-state index >= 15 is 0 Å². The molecule has 3 rings (SSSR count). The minimum atomic E-state index is -0.683. The Kier molecular flexibility index (Phi) is 3.47. The summed E-state index contributed by atoms with van der Waals surface area (Å²) in [5.74, 6) is -0.00893. The van der Waals surface area contributed by atoms with Gasteiger partial charge in [-0.1, -0.05) is 19.8 Å². The van der Waals surface area contributed by atoms with Crippen LogP contribution in [-0.4, -0.2) is 33.2 Å². The lowest BCUT2D eigenvalue weighted by Crippen LogP contribution is -2.69. The van der Waals surface area contributed by atoms with Crippen molar-refractivity contribution in [1.29, 1.82) is 0 Å². The van der Waals surface area contributed by atoms with Gasteiger partial charge >= 0.3 is 0 Å². The Hall–Kier alpha value is -1.85. The normalized spacial score (nSPS) is 24.7. The standard InChI is InChI=1S/C15H22N4O2/c1-3-12-13(20)17-15(7-5-6-8-15)14(21)19(12)11-9-16-18(4-2)10-11/h9-10,12H,3-8H2,1-2H3,(H,17,20). The Labute approximate surface area is 124 Å². The molecule has 1 saturated heterocycles. The molecular weight excluding hydrogens is 268 g/mol. The average Bonchev–Trinajstić information content (AvgIpc) is 3.12. The lowest BCUT2D eigenvalue weighted by atomic mass is 9.90. The van der Waals surface area contributed by atoms with E-state index in [0.717, 1.165) is 37.9 Å². The molecule has 1 aliphatic carbocycles. The highest BCUT2D eigenvalue weighted by Crippen LogP contribution is 2.37. The molecule has 0 bridgehead atoms. The smallest absolute Gasteiger partial charge is 0.253 e. The molecule has 0 aromatic carbocycles. The molecule has 21 heavy (non-hydrogen) atoms. The molecule has 2 aliphatic rings. The van der Waals surface area contributed by atoms with Crippen molar-refractivity contribution in [2.24, 2.45) is 0 Å². The number of aryl methyl sites for hydroxylation is 1. The summed E-state index contributed by atoms with van der Waals surface area (Å²) in [5.41, 5.74) is 0.0479. The maximum Gasteiger partial charge on any atom is 0.253 e. The molecule has 1 saturated carbocycles. The van der Waals surface area contributed by atoms with E-state index in [4.69, 9.17) is 0 Å². The predicted molar refractivity (Wildman–Crippen MR) is 78.8 cm³/mol. The van der Waals surface area contributed by atoms with Gasteiger partial charge in [0.2, 0.25) is 5.91 Å². The third-order valence-electron chi connectivity index (χ3n) is 4.67. The molecular formula is C15H22N4O2. The number of nitrogens with one attached hydrogen (secondary N) is 1. The fraction of sp³-hybridized carbons (Fsp3) is 0.667. The van der Waals surface area contributed by atoms with Gasteiger partial charge in [0.25, 0.3) is 5.91 Å². The number of hydrogen-bond acceptors (Lipinski definition) is 3. The van der Waals surface area contributed by atoms with Gasteiger partial charge in [0.1, 0.15) is 11.6 Å². The van der Waals surface area contributed by atoms with E-state index < -0.39 is 11.6 Å². The van der Waals surface area contributed by atoms with E-state index in [9.17, 15) is 9.59 Å². The van der Waals surface area contributed by atoms with Crippen LogP contribution in [-0.2, 0) is 16.1 Å². The van der Waals surface area contributed by atoms with Crippen molar-refractivity contribution in [1.82, 2.24) is 15.1 Å². The Balaban J connectivity index is 2.00. The van der Waals surface area contributed by atoms with Gasteiger partial charge in [0.15, 0.2) is 0 Å². The monoisotopic (exact) mass is 290 g/mol. The van der Waals surface area contributed by atoms with Crippen LogP contribution in [0.4, 0.5) is 5.69 Å². The molecule has 0 radical (unpaired) electrons. The van der Waals surface area contributed by atoms with E-state index in [-0.39, 0.29) is 11.8 Å². The van der Waals surface area contributed by atoms with Crippen LogP contribution in [0.3, 0.4) is 0 Å². The molecule has 2 fully saturated rings. The van der Waals surface area contributed by atoms with Gasteiger partial charge in [-0.3, -0.25) is 19.2 Å². The van der Waals surface area contributed by atoms with Crippen molar-refractivity contribution >= 4 is 17.5 Å². The third kappa shape index (κ3) is 2.13. The molecule has 2 heterocycles. The van der Waals surface area contributed by atoms with Gasteiger partial charge in [0, 0.05) is 12.7 Å². The van der Waals surface area contributed by atoms with E-state index in [1.54, 1.807) is 15.8 Å². The van der Waals surface area contributed by atoms with Crippen LogP contribution in [0.5, 0.6) is 0 Å². The summed E-state index contributed by atoms with van der Waals surface area (Å²) in [5, 5.41) is 7.25. The van der Waals surface area contributed by atoms with Crippen LogP contribution in [0.25, 0.3) is 0 Å². The first-order valence-electron chi connectivity index (χ1n) is 7.79. The van der Waals surface area contributed by atoms with Crippen LogP contribution in [0, 0.1) is 0 Å². The van der Waals surface area contributed by atoms with Crippen LogP contribution in [0.15, 0.2) is 12.4 Å². The van der Waals surface area contributed by atoms with E-state index in [2.05, 4.69) is 10.4 Å². The summed E-state index contributed by atoms with van der Waals surface area (Å²) in [6.45, 7) is 4.68. The maximum atomic E-state index is 13.0. The number of anilines is 1. The van der Waals surface area contributed by atoms with Crippen molar-refractivity contribution in [3.05, 3.63) is 12.4 Å².